The molecule has 0 aliphatic carbocycles. The lowest BCUT2D eigenvalue weighted by molar-refractivity contribution is -0.236. The summed E-state index contributed by atoms with van der Waals surface area (Å²) in [5, 5.41) is 27.8. The predicted octanol–water partition coefficient (Wildman–Crippen LogP) is 8.43. The summed E-state index contributed by atoms with van der Waals surface area (Å²) in [5.74, 6) is 2.33. The summed E-state index contributed by atoms with van der Waals surface area (Å²) in [4.78, 5) is 2.15. The fourth-order valence-corrected chi connectivity index (χ4v) is 4.49. The molecule has 1 radical (unpaired) electrons. The molecule has 0 N–H and O–H groups in total. The molecule has 0 saturated carbocycles. The average Bonchev–Trinajstić information content (AvgIpc) is 3.28. The van der Waals surface area contributed by atoms with E-state index in [1.165, 1.54) is 25.4 Å². The molecule has 5 nitrogen and oxygen atoms in total. The highest BCUT2D eigenvalue weighted by Crippen LogP contribution is 2.49. The first kappa shape index (κ1) is 30.5. The third kappa shape index (κ3) is 6.40. The zero-order valence-electron chi connectivity index (χ0n) is 23.6. The standard InChI is InChI=1S/C34H25BF3N4O/c1-23-4-10-27(11-5-23)42(28-12-6-24(2)7-13-28)29-14-8-25(9-15-29)16-18-35-19-17-31-30(22-41)32(26(20-39)21-40)43-33(31,3)34(36,37)38/h4-19H,1-3H3/b18-16+,19-17+. The maximum atomic E-state index is 14.0. The zero-order chi connectivity index (χ0) is 31.2. The number of ether oxygens (including phenoxy) is 1. The highest BCUT2D eigenvalue weighted by Gasteiger charge is 2.60. The van der Waals surface area contributed by atoms with Gasteiger partial charge in [0.1, 0.15) is 23.8 Å². The van der Waals surface area contributed by atoms with Crippen LogP contribution in [0.5, 0.6) is 0 Å². The molecule has 1 heterocycles. The van der Waals surface area contributed by atoms with Gasteiger partial charge in [-0.3, -0.25) is 0 Å². The van der Waals surface area contributed by atoms with Gasteiger partial charge in [-0.25, -0.2) is 0 Å². The largest absolute Gasteiger partial charge is 0.470 e. The fourth-order valence-electron chi connectivity index (χ4n) is 4.49. The van der Waals surface area contributed by atoms with E-state index in [4.69, 9.17) is 15.3 Å². The Labute approximate surface area is 249 Å². The second-order valence-electron chi connectivity index (χ2n) is 9.97. The van der Waals surface area contributed by atoms with Gasteiger partial charge in [-0.15, -0.1) is 12.0 Å². The third-order valence-corrected chi connectivity index (χ3v) is 6.93. The van der Waals surface area contributed by atoms with Crippen LogP contribution in [0.4, 0.5) is 30.2 Å². The molecule has 0 saturated heterocycles. The van der Waals surface area contributed by atoms with Crippen molar-refractivity contribution >= 4 is 30.4 Å². The first-order chi connectivity index (χ1) is 20.5. The number of alkyl halides is 3. The number of benzene rings is 3. The summed E-state index contributed by atoms with van der Waals surface area (Å²) in [6.07, 6.45) is -2.01. The molecule has 1 aliphatic heterocycles. The Hall–Kier alpha value is -5.46. The Morgan fingerprint density at radius 2 is 1.26 bits per heavy atom. The second-order valence-corrected chi connectivity index (χ2v) is 9.97. The molecule has 0 aromatic heterocycles. The van der Waals surface area contributed by atoms with Crippen molar-refractivity contribution in [2.24, 2.45) is 0 Å². The minimum atomic E-state index is -4.91. The number of nitriles is 3. The molecular weight excluding hydrogens is 548 g/mol. The van der Waals surface area contributed by atoms with Crippen LogP contribution in [0.25, 0.3) is 6.08 Å². The van der Waals surface area contributed by atoms with Crippen LogP contribution in [0.1, 0.15) is 23.6 Å². The van der Waals surface area contributed by atoms with Crippen LogP contribution in [0.15, 0.2) is 113 Å². The maximum absolute atomic E-state index is 14.0. The number of halogens is 3. The lowest BCUT2D eigenvalue weighted by atomic mass is 9.76. The summed E-state index contributed by atoms with van der Waals surface area (Å²) in [7, 11) is 1.52. The van der Waals surface area contributed by atoms with Crippen LogP contribution >= 0.6 is 0 Å². The number of nitrogens with zero attached hydrogens (tertiary/aromatic N) is 4. The van der Waals surface area contributed by atoms with Crippen LogP contribution in [0.3, 0.4) is 0 Å². The maximum Gasteiger partial charge on any atom is 0.432 e. The van der Waals surface area contributed by atoms with E-state index in [9.17, 15) is 18.4 Å². The van der Waals surface area contributed by atoms with Gasteiger partial charge < -0.3 is 9.64 Å². The van der Waals surface area contributed by atoms with Crippen molar-refractivity contribution in [1.82, 2.24) is 0 Å². The van der Waals surface area contributed by atoms with Crippen molar-refractivity contribution in [3.63, 3.8) is 0 Å². The van der Waals surface area contributed by atoms with Gasteiger partial charge in [0.25, 0.3) is 0 Å². The number of allylic oxidation sites excluding steroid dienone is 2. The topological polar surface area (TPSA) is 83.8 Å². The number of anilines is 3. The molecule has 211 valence electrons. The average molecular weight is 573 g/mol. The first-order valence-corrected chi connectivity index (χ1v) is 13.2. The van der Waals surface area contributed by atoms with E-state index in [1.54, 1.807) is 18.1 Å². The van der Waals surface area contributed by atoms with Crippen LogP contribution < -0.4 is 4.90 Å². The smallest absolute Gasteiger partial charge is 0.432 e. The van der Waals surface area contributed by atoms with Crippen molar-refractivity contribution < 1.29 is 17.9 Å². The van der Waals surface area contributed by atoms with Gasteiger partial charge in [0.05, 0.1) is 0 Å². The number of aryl methyl sites for hydroxylation is 2. The predicted molar refractivity (Wildman–Crippen MR) is 161 cm³/mol. The molecular formula is C34H25BF3N4O. The Balaban J connectivity index is 1.56. The van der Waals surface area contributed by atoms with E-state index < -0.39 is 34.3 Å². The summed E-state index contributed by atoms with van der Waals surface area (Å²) < 4.78 is 46.9. The van der Waals surface area contributed by atoms with E-state index in [2.05, 4.69) is 53.4 Å². The van der Waals surface area contributed by atoms with E-state index >= 15 is 0 Å². The van der Waals surface area contributed by atoms with E-state index in [-0.39, 0.29) is 0 Å². The van der Waals surface area contributed by atoms with Crippen molar-refractivity contribution in [3.8, 4) is 18.2 Å². The SMILES string of the molecule is Cc1ccc(N(c2ccc(C)cc2)c2ccc(/C=C/[B]/C=C/C3=C(C#N)C(=C(C#N)C#N)OC3(C)C(F)(F)F)cc2)cc1. The Kier molecular flexibility index (Phi) is 8.93. The Morgan fingerprint density at radius 3 is 1.70 bits per heavy atom. The fraction of sp³-hybridized carbons (Fsp3) is 0.147. The molecule has 0 spiro atoms. The zero-order valence-corrected chi connectivity index (χ0v) is 23.6. The Morgan fingerprint density at radius 1 is 0.791 bits per heavy atom. The van der Waals surface area contributed by atoms with Gasteiger partial charge in [0.15, 0.2) is 18.6 Å². The molecule has 0 bridgehead atoms. The molecule has 3 aromatic rings. The summed E-state index contributed by atoms with van der Waals surface area (Å²) in [5.41, 5.74) is 1.58. The molecule has 1 aliphatic rings. The molecule has 9 heteroatoms. The van der Waals surface area contributed by atoms with Crippen LogP contribution in [-0.2, 0) is 4.74 Å². The third-order valence-electron chi connectivity index (χ3n) is 6.93. The number of hydrogen-bond acceptors (Lipinski definition) is 5. The quantitative estimate of drug-likeness (QED) is 0.209. The summed E-state index contributed by atoms with van der Waals surface area (Å²) in [6, 6.07) is 29.0. The lowest BCUT2D eigenvalue weighted by Gasteiger charge is -2.28. The van der Waals surface area contributed by atoms with Gasteiger partial charge >= 0.3 is 6.18 Å². The molecule has 0 fully saturated rings. The minimum Gasteiger partial charge on any atom is -0.470 e. The molecule has 43 heavy (non-hydrogen) atoms. The molecule has 3 aromatic carbocycles. The lowest BCUT2D eigenvalue weighted by Crippen LogP contribution is -2.43. The van der Waals surface area contributed by atoms with Gasteiger partial charge in [-0.2, -0.15) is 29.0 Å². The second kappa shape index (κ2) is 12.6. The van der Waals surface area contributed by atoms with E-state index in [0.717, 1.165) is 46.8 Å². The van der Waals surface area contributed by atoms with Crippen LogP contribution in [0, 0.1) is 47.8 Å². The normalized spacial score (nSPS) is 16.5. The van der Waals surface area contributed by atoms with Crippen molar-refractivity contribution in [3.05, 3.63) is 130 Å². The van der Waals surface area contributed by atoms with Gasteiger partial charge in [0, 0.05) is 22.6 Å². The van der Waals surface area contributed by atoms with Gasteiger partial charge in [-0.1, -0.05) is 59.7 Å². The van der Waals surface area contributed by atoms with Crippen molar-refractivity contribution in [2.75, 3.05) is 4.90 Å². The van der Waals surface area contributed by atoms with Crippen LogP contribution in [0.2, 0.25) is 0 Å². The molecule has 1 atom stereocenters. The minimum absolute atomic E-state index is 0.484. The van der Waals surface area contributed by atoms with E-state index in [1.807, 2.05) is 38.1 Å². The van der Waals surface area contributed by atoms with Crippen molar-refractivity contribution in [2.45, 2.75) is 32.5 Å². The summed E-state index contributed by atoms with van der Waals surface area (Å²) in [6.45, 7) is 4.84. The van der Waals surface area contributed by atoms with Gasteiger partial charge in [-0.05, 0) is 62.7 Å². The Bertz CT molecular complexity index is 1690. The van der Waals surface area contributed by atoms with Crippen LogP contribution in [-0.4, -0.2) is 19.1 Å². The monoisotopic (exact) mass is 573 g/mol. The number of hydrogen-bond donors (Lipinski definition) is 0. The number of rotatable bonds is 7. The molecule has 0 amide bonds. The first-order valence-electron chi connectivity index (χ1n) is 13.2. The molecule has 1 unspecified atom stereocenters. The highest BCUT2D eigenvalue weighted by molar-refractivity contribution is 6.49. The van der Waals surface area contributed by atoms with Crippen molar-refractivity contribution in [1.29, 1.82) is 15.8 Å². The van der Waals surface area contributed by atoms with E-state index in [0.29, 0.717) is 0 Å². The summed E-state index contributed by atoms with van der Waals surface area (Å²) >= 11 is 0. The van der Waals surface area contributed by atoms with Gasteiger partial charge in [0.2, 0.25) is 5.60 Å². The highest BCUT2D eigenvalue weighted by atomic mass is 19.4. The molecule has 4 rings (SSSR count).